The number of nitrogens with two attached hydrogens (primary N) is 1. The van der Waals surface area contributed by atoms with Crippen molar-refractivity contribution in [3.05, 3.63) is 58.3 Å². The molecule has 4 N–H and O–H groups in total. The molecule has 0 aliphatic rings. The van der Waals surface area contributed by atoms with E-state index in [1.165, 1.54) is 24.4 Å². The van der Waals surface area contributed by atoms with Gasteiger partial charge in [-0.1, -0.05) is 18.2 Å². The molecule has 0 radical (unpaired) electrons. The van der Waals surface area contributed by atoms with Crippen molar-refractivity contribution >= 4 is 50.2 Å². The minimum atomic E-state index is -3.82. The number of sulfonamides is 1. The molecule has 0 atom stereocenters. The second-order valence-corrected chi connectivity index (χ2v) is 9.15. The number of amides is 2. The summed E-state index contributed by atoms with van der Waals surface area (Å²) in [6.07, 6.45) is -0.254. The maximum absolute atomic E-state index is 12.5. The summed E-state index contributed by atoms with van der Waals surface area (Å²) < 4.78 is 37.4. The van der Waals surface area contributed by atoms with Crippen LogP contribution in [0, 0.1) is 6.92 Å². The Hall–Kier alpha value is -3.71. The van der Waals surface area contributed by atoms with E-state index < -0.39 is 27.8 Å². The predicted molar refractivity (Wildman–Crippen MR) is 120 cm³/mol. The van der Waals surface area contributed by atoms with Gasteiger partial charge in [0.25, 0.3) is 15.9 Å². The summed E-state index contributed by atoms with van der Waals surface area (Å²) in [6.45, 7) is 3.10. The van der Waals surface area contributed by atoms with Gasteiger partial charge in [-0.15, -0.1) is 11.3 Å². The Kier molecular flexibility index (Phi) is 7.13. The number of ether oxygens (including phenoxy) is 1. The number of hydrogen-bond donors (Lipinski definition) is 3. The van der Waals surface area contributed by atoms with Crippen molar-refractivity contribution in [2.24, 2.45) is 5.73 Å². The summed E-state index contributed by atoms with van der Waals surface area (Å²) in [7, 11) is -3.82. The van der Waals surface area contributed by atoms with Gasteiger partial charge < -0.3 is 14.9 Å². The van der Waals surface area contributed by atoms with Crippen LogP contribution in [0.3, 0.4) is 0 Å². The lowest BCUT2D eigenvalue weighted by molar-refractivity contribution is -0.115. The van der Waals surface area contributed by atoms with Crippen molar-refractivity contribution in [2.45, 2.75) is 25.2 Å². The summed E-state index contributed by atoms with van der Waals surface area (Å²) in [5.41, 5.74) is 5.18. The molecule has 0 aliphatic carbocycles. The van der Waals surface area contributed by atoms with Crippen LogP contribution in [0.5, 0.6) is 0 Å². The number of aromatic nitrogens is 1. The Bertz CT molecular complexity index is 1300. The van der Waals surface area contributed by atoms with Crippen LogP contribution in [-0.4, -0.2) is 37.8 Å². The van der Waals surface area contributed by atoms with Gasteiger partial charge in [0.05, 0.1) is 23.6 Å². The van der Waals surface area contributed by atoms with Gasteiger partial charge in [-0.2, -0.15) is 0 Å². The lowest BCUT2D eigenvalue weighted by Crippen LogP contribution is -2.21. The minimum Gasteiger partial charge on any atom is -0.462 e. The first kappa shape index (κ1) is 23.9. The fourth-order valence-electron chi connectivity index (χ4n) is 2.86. The highest BCUT2D eigenvalue weighted by Crippen LogP contribution is 2.28. The van der Waals surface area contributed by atoms with Crippen LogP contribution in [0.2, 0.25) is 0 Å². The van der Waals surface area contributed by atoms with Gasteiger partial charge >= 0.3 is 5.97 Å². The van der Waals surface area contributed by atoms with Gasteiger partial charge in [0, 0.05) is 5.38 Å². The van der Waals surface area contributed by atoms with Gasteiger partial charge in [-0.05, 0) is 26.0 Å². The van der Waals surface area contributed by atoms with E-state index in [4.69, 9.17) is 14.9 Å². The number of nitrogens with zero attached hydrogens (tertiary/aromatic N) is 1. The van der Waals surface area contributed by atoms with Gasteiger partial charge in [0.1, 0.15) is 16.9 Å². The van der Waals surface area contributed by atoms with Crippen molar-refractivity contribution in [1.29, 1.82) is 0 Å². The van der Waals surface area contributed by atoms with E-state index in [2.05, 4.69) is 15.0 Å². The Labute approximate surface area is 193 Å². The molecule has 3 aromatic rings. The smallest absolute Gasteiger partial charge is 0.342 e. The van der Waals surface area contributed by atoms with Crippen LogP contribution >= 0.6 is 11.3 Å². The van der Waals surface area contributed by atoms with Gasteiger partial charge in [0.15, 0.2) is 5.13 Å². The number of furan rings is 1. The molecule has 33 heavy (non-hydrogen) atoms. The Morgan fingerprint density at radius 1 is 1.18 bits per heavy atom. The molecule has 2 heterocycles. The third-order valence-corrected chi connectivity index (χ3v) is 6.52. The fourth-order valence-corrected chi connectivity index (χ4v) is 4.84. The summed E-state index contributed by atoms with van der Waals surface area (Å²) in [6, 6.07) is 7.76. The molecule has 174 valence electrons. The summed E-state index contributed by atoms with van der Waals surface area (Å²) >= 11 is 1.00. The third kappa shape index (κ3) is 5.56. The van der Waals surface area contributed by atoms with E-state index in [0.717, 1.165) is 11.3 Å². The molecule has 0 bridgehead atoms. The monoisotopic (exact) mass is 492 g/mol. The maximum Gasteiger partial charge on any atom is 0.342 e. The van der Waals surface area contributed by atoms with Crippen molar-refractivity contribution in [3.8, 4) is 0 Å². The maximum atomic E-state index is 12.5. The van der Waals surface area contributed by atoms with Crippen LogP contribution < -0.4 is 15.8 Å². The summed E-state index contributed by atoms with van der Waals surface area (Å²) in [4.78, 5) is 40.7. The van der Waals surface area contributed by atoms with E-state index in [1.807, 2.05) is 0 Å². The molecule has 0 saturated carbocycles. The van der Waals surface area contributed by atoms with Gasteiger partial charge in [-0.25, -0.2) is 18.2 Å². The molecule has 0 fully saturated rings. The number of primary amides is 1. The molecule has 3 rings (SSSR count). The highest BCUT2D eigenvalue weighted by atomic mass is 32.2. The molecule has 2 amide bonds. The number of rotatable bonds is 9. The quantitative estimate of drug-likeness (QED) is 0.382. The van der Waals surface area contributed by atoms with Crippen LogP contribution in [0.25, 0.3) is 0 Å². The van der Waals surface area contributed by atoms with Gasteiger partial charge in [0.2, 0.25) is 11.8 Å². The Morgan fingerprint density at radius 2 is 1.88 bits per heavy atom. The van der Waals surface area contributed by atoms with Crippen LogP contribution in [0.15, 0.2) is 45.0 Å². The Morgan fingerprint density at radius 3 is 2.52 bits per heavy atom. The normalized spacial score (nSPS) is 11.1. The second-order valence-electron chi connectivity index (χ2n) is 6.61. The number of esters is 1. The number of benzene rings is 1. The number of thiazole rings is 1. The molecule has 0 unspecified atom stereocenters. The molecule has 0 aliphatic heterocycles. The number of hydrogen-bond acceptors (Lipinski definition) is 9. The zero-order valence-corrected chi connectivity index (χ0v) is 19.2. The average molecular weight is 493 g/mol. The summed E-state index contributed by atoms with van der Waals surface area (Å²) in [5.74, 6) is -2.62. The highest BCUT2D eigenvalue weighted by molar-refractivity contribution is 7.93. The van der Waals surface area contributed by atoms with E-state index in [9.17, 15) is 22.8 Å². The molecular weight excluding hydrogens is 472 g/mol. The van der Waals surface area contributed by atoms with E-state index in [0.29, 0.717) is 0 Å². The van der Waals surface area contributed by atoms with Crippen molar-refractivity contribution in [1.82, 2.24) is 4.98 Å². The lowest BCUT2D eigenvalue weighted by atomic mass is 10.1. The number of nitrogens with one attached hydrogen (secondary N) is 2. The standard InChI is InChI=1S/C20H20N4O7S2/c1-3-30-19(27)15-11(2)31-18(16(15)17(21)26)23-14(25)9-12-10-32-20(22-12)24-33(28,29)13-7-5-4-6-8-13/h4-8,10H,3,9H2,1-2H3,(H2,21,26)(H,22,24)(H,23,25). The zero-order chi connectivity index (χ0) is 24.2. The highest BCUT2D eigenvalue weighted by Gasteiger charge is 2.29. The SMILES string of the molecule is CCOC(=O)c1c(C)oc(NC(=O)Cc2csc(NS(=O)(=O)c3ccccc3)n2)c1C(N)=O. The summed E-state index contributed by atoms with van der Waals surface area (Å²) in [5, 5.41) is 3.98. The topological polar surface area (TPSA) is 171 Å². The molecular formula is C20H20N4O7S2. The van der Waals surface area contributed by atoms with Crippen LogP contribution in [0.1, 0.15) is 39.1 Å². The number of carbonyl (C=O) groups excluding carboxylic acids is 3. The van der Waals surface area contributed by atoms with Crippen LogP contribution in [0.4, 0.5) is 11.0 Å². The second kappa shape index (κ2) is 9.83. The van der Waals surface area contributed by atoms with Crippen molar-refractivity contribution < 1.29 is 32.0 Å². The van der Waals surface area contributed by atoms with E-state index in [1.54, 1.807) is 25.1 Å². The molecule has 0 spiro atoms. The van der Waals surface area contributed by atoms with Crippen molar-refractivity contribution in [3.63, 3.8) is 0 Å². The van der Waals surface area contributed by atoms with E-state index >= 15 is 0 Å². The molecule has 2 aromatic heterocycles. The number of anilines is 2. The first-order chi connectivity index (χ1) is 15.6. The number of aryl methyl sites for hydroxylation is 1. The minimum absolute atomic E-state index is 0.0591. The van der Waals surface area contributed by atoms with Crippen LogP contribution in [-0.2, 0) is 26.0 Å². The first-order valence-electron chi connectivity index (χ1n) is 9.54. The third-order valence-electron chi connectivity index (χ3n) is 4.23. The molecule has 13 heteroatoms. The van der Waals surface area contributed by atoms with Crippen molar-refractivity contribution in [2.75, 3.05) is 16.6 Å². The molecule has 0 saturated heterocycles. The predicted octanol–water partition coefficient (Wildman–Crippen LogP) is 2.30. The Balaban J connectivity index is 1.72. The van der Waals surface area contributed by atoms with E-state index in [-0.39, 0.29) is 51.5 Å². The average Bonchev–Trinajstić information content (AvgIpc) is 3.31. The molecule has 11 nitrogen and oxygen atoms in total. The first-order valence-corrected chi connectivity index (χ1v) is 11.9. The van der Waals surface area contributed by atoms with Gasteiger partial charge in [-0.3, -0.25) is 19.6 Å². The molecule has 1 aromatic carbocycles. The number of carbonyl (C=O) groups is 3. The fraction of sp³-hybridized carbons (Fsp3) is 0.200. The zero-order valence-electron chi connectivity index (χ0n) is 17.6. The lowest BCUT2D eigenvalue weighted by Gasteiger charge is -2.05. The largest absolute Gasteiger partial charge is 0.462 e.